The molecule has 3 heteroatoms. The zero-order valence-electron chi connectivity index (χ0n) is 10.3. The van der Waals surface area contributed by atoms with Gasteiger partial charge in [-0.1, -0.05) is 6.42 Å². The number of hydrogen-bond donors (Lipinski definition) is 2. The molecule has 16 heavy (non-hydrogen) atoms. The highest BCUT2D eigenvalue weighted by Crippen LogP contribution is 2.27. The third kappa shape index (κ3) is 3.44. The fraction of sp³-hybridized carbons (Fsp3) is 1.00. The standard InChI is InChI=1S/C13H26N2O/c16-10-2-9-15(13-3-1-4-13)11-12-5-7-14-8-6-12/h12-14,16H,1-11H2. The van der Waals surface area contributed by atoms with Crippen LogP contribution in [0.25, 0.3) is 0 Å². The van der Waals surface area contributed by atoms with Crippen molar-refractivity contribution in [3.63, 3.8) is 0 Å². The van der Waals surface area contributed by atoms with Crippen LogP contribution >= 0.6 is 0 Å². The molecule has 1 aliphatic carbocycles. The molecule has 0 aromatic carbocycles. The van der Waals surface area contributed by atoms with Crippen molar-refractivity contribution in [3.05, 3.63) is 0 Å². The van der Waals surface area contributed by atoms with E-state index >= 15 is 0 Å². The topological polar surface area (TPSA) is 35.5 Å². The van der Waals surface area contributed by atoms with Crippen LogP contribution in [0.4, 0.5) is 0 Å². The predicted molar refractivity (Wildman–Crippen MR) is 66.5 cm³/mol. The van der Waals surface area contributed by atoms with Gasteiger partial charge in [0.2, 0.25) is 0 Å². The number of rotatable bonds is 6. The summed E-state index contributed by atoms with van der Waals surface area (Å²) >= 11 is 0. The Kier molecular flexibility index (Phi) is 5.07. The van der Waals surface area contributed by atoms with Gasteiger partial charge < -0.3 is 15.3 Å². The highest BCUT2D eigenvalue weighted by atomic mass is 16.3. The predicted octanol–water partition coefficient (Wildman–Crippen LogP) is 1.22. The first-order chi connectivity index (χ1) is 7.90. The molecule has 1 aliphatic heterocycles. The van der Waals surface area contributed by atoms with Gasteiger partial charge in [0.15, 0.2) is 0 Å². The lowest BCUT2D eigenvalue weighted by atomic mass is 9.89. The average Bonchev–Trinajstić information content (AvgIpc) is 2.25. The number of aliphatic hydroxyl groups is 1. The molecule has 0 atom stereocenters. The fourth-order valence-corrected chi connectivity index (χ4v) is 2.84. The van der Waals surface area contributed by atoms with Crippen molar-refractivity contribution in [1.82, 2.24) is 10.2 Å². The third-order valence-corrected chi connectivity index (χ3v) is 4.15. The number of hydrogen-bond acceptors (Lipinski definition) is 3. The maximum absolute atomic E-state index is 8.96. The van der Waals surface area contributed by atoms with Gasteiger partial charge in [0, 0.05) is 25.7 Å². The Labute approximate surface area is 99.2 Å². The van der Waals surface area contributed by atoms with Crippen LogP contribution in [-0.4, -0.2) is 48.8 Å². The smallest absolute Gasteiger partial charge is 0.0443 e. The molecular formula is C13H26N2O. The van der Waals surface area contributed by atoms with Crippen LogP contribution in [0, 0.1) is 5.92 Å². The van der Waals surface area contributed by atoms with Crippen LogP contribution in [0.1, 0.15) is 38.5 Å². The molecule has 0 amide bonds. The Morgan fingerprint density at radius 1 is 1.12 bits per heavy atom. The molecule has 2 N–H and O–H groups in total. The molecule has 0 bridgehead atoms. The van der Waals surface area contributed by atoms with Crippen molar-refractivity contribution in [2.75, 3.05) is 32.8 Å². The van der Waals surface area contributed by atoms with Gasteiger partial charge in [-0.25, -0.2) is 0 Å². The molecule has 2 rings (SSSR count). The molecule has 1 heterocycles. The van der Waals surface area contributed by atoms with E-state index in [9.17, 15) is 0 Å². The molecule has 2 fully saturated rings. The minimum absolute atomic E-state index is 0.343. The van der Waals surface area contributed by atoms with Crippen LogP contribution in [0.3, 0.4) is 0 Å². The second kappa shape index (κ2) is 6.58. The van der Waals surface area contributed by atoms with E-state index in [2.05, 4.69) is 10.2 Å². The summed E-state index contributed by atoms with van der Waals surface area (Å²) in [6.45, 7) is 5.11. The molecule has 0 radical (unpaired) electrons. The van der Waals surface area contributed by atoms with Gasteiger partial charge in [0.25, 0.3) is 0 Å². The van der Waals surface area contributed by atoms with Crippen molar-refractivity contribution in [2.24, 2.45) is 5.92 Å². The number of nitrogens with zero attached hydrogens (tertiary/aromatic N) is 1. The number of piperidine rings is 1. The number of nitrogens with one attached hydrogen (secondary N) is 1. The third-order valence-electron chi connectivity index (χ3n) is 4.15. The summed E-state index contributed by atoms with van der Waals surface area (Å²) in [5, 5.41) is 12.4. The summed E-state index contributed by atoms with van der Waals surface area (Å²) in [7, 11) is 0. The van der Waals surface area contributed by atoms with E-state index in [0.29, 0.717) is 6.61 Å². The lowest BCUT2D eigenvalue weighted by molar-refractivity contribution is 0.0912. The normalized spacial score (nSPS) is 23.6. The largest absolute Gasteiger partial charge is 0.396 e. The fourth-order valence-electron chi connectivity index (χ4n) is 2.84. The minimum atomic E-state index is 0.343. The Bertz CT molecular complexity index is 188. The van der Waals surface area contributed by atoms with E-state index in [4.69, 9.17) is 5.11 Å². The quantitative estimate of drug-likeness (QED) is 0.715. The first kappa shape index (κ1) is 12.3. The van der Waals surface area contributed by atoms with Gasteiger partial charge in [-0.15, -0.1) is 0 Å². The van der Waals surface area contributed by atoms with Crippen molar-refractivity contribution in [1.29, 1.82) is 0 Å². The van der Waals surface area contributed by atoms with Gasteiger partial charge in [0.1, 0.15) is 0 Å². The maximum atomic E-state index is 8.96. The molecule has 0 unspecified atom stereocenters. The number of aliphatic hydroxyl groups excluding tert-OH is 1. The average molecular weight is 226 g/mol. The SMILES string of the molecule is OCCCN(CC1CCNCC1)C1CCC1. The highest BCUT2D eigenvalue weighted by molar-refractivity contribution is 4.82. The first-order valence-electron chi connectivity index (χ1n) is 6.96. The van der Waals surface area contributed by atoms with Crippen LogP contribution in [0.2, 0.25) is 0 Å². The second-order valence-corrected chi connectivity index (χ2v) is 5.35. The van der Waals surface area contributed by atoms with Crippen LogP contribution in [0.5, 0.6) is 0 Å². The lowest BCUT2D eigenvalue weighted by Gasteiger charge is -2.40. The molecule has 0 aromatic heterocycles. The molecule has 94 valence electrons. The maximum Gasteiger partial charge on any atom is 0.0443 e. The van der Waals surface area contributed by atoms with Crippen LogP contribution < -0.4 is 5.32 Å². The first-order valence-corrected chi connectivity index (χ1v) is 6.96. The minimum Gasteiger partial charge on any atom is -0.396 e. The lowest BCUT2D eigenvalue weighted by Crippen LogP contribution is -2.45. The van der Waals surface area contributed by atoms with Gasteiger partial charge in [-0.2, -0.15) is 0 Å². The Morgan fingerprint density at radius 3 is 2.44 bits per heavy atom. The summed E-state index contributed by atoms with van der Waals surface area (Å²) < 4.78 is 0. The Morgan fingerprint density at radius 2 is 1.88 bits per heavy atom. The zero-order valence-corrected chi connectivity index (χ0v) is 10.3. The highest BCUT2D eigenvalue weighted by Gasteiger charge is 2.26. The van der Waals surface area contributed by atoms with Crippen molar-refractivity contribution >= 4 is 0 Å². The summed E-state index contributed by atoms with van der Waals surface area (Å²) in [6.07, 6.45) is 7.80. The van der Waals surface area contributed by atoms with E-state index in [1.807, 2.05) is 0 Å². The summed E-state index contributed by atoms with van der Waals surface area (Å²) in [6, 6.07) is 0.835. The van der Waals surface area contributed by atoms with Crippen molar-refractivity contribution in [2.45, 2.75) is 44.6 Å². The molecule has 2 aliphatic rings. The van der Waals surface area contributed by atoms with Crippen molar-refractivity contribution in [3.8, 4) is 0 Å². The van der Waals surface area contributed by atoms with Gasteiger partial charge in [-0.3, -0.25) is 0 Å². The van der Waals surface area contributed by atoms with Crippen LogP contribution in [0.15, 0.2) is 0 Å². The van der Waals surface area contributed by atoms with Gasteiger partial charge in [-0.05, 0) is 51.1 Å². The summed E-state index contributed by atoms with van der Waals surface area (Å²) in [5.74, 6) is 0.889. The van der Waals surface area contributed by atoms with Crippen molar-refractivity contribution < 1.29 is 5.11 Å². The Hall–Kier alpha value is -0.120. The van der Waals surface area contributed by atoms with E-state index in [-0.39, 0.29) is 0 Å². The molecule has 0 spiro atoms. The van der Waals surface area contributed by atoms with E-state index < -0.39 is 0 Å². The molecule has 0 aromatic rings. The van der Waals surface area contributed by atoms with E-state index in [1.54, 1.807) is 0 Å². The van der Waals surface area contributed by atoms with Gasteiger partial charge >= 0.3 is 0 Å². The van der Waals surface area contributed by atoms with E-state index in [0.717, 1.165) is 24.9 Å². The van der Waals surface area contributed by atoms with Crippen LogP contribution in [-0.2, 0) is 0 Å². The molecule has 1 saturated heterocycles. The molecular weight excluding hydrogens is 200 g/mol. The van der Waals surface area contributed by atoms with Gasteiger partial charge in [0.05, 0.1) is 0 Å². The Balaban J connectivity index is 1.75. The monoisotopic (exact) mass is 226 g/mol. The molecule has 1 saturated carbocycles. The molecule has 3 nitrogen and oxygen atoms in total. The summed E-state index contributed by atoms with van der Waals surface area (Å²) in [5.41, 5.74) is 0. The zero-order chi connectivity index (χ0) is 11.2. The summed E-state index contributed by atoms with van der Waals surface area (Å²) in [4.78, 5) is 2.65. The second-order valence-electron chi connectivity index (χ2n) is 5.35. The van der Waals surface area contributed by atoms with E-state index in [1.165, 1.54) is 51.7 Å².